The van der Waals surface area contributed by atoms with Gasteiger partial charge in [-0.3, -0.25) is 0 Å². The predicted octanol–water partition coefficient (Wildman–Crippen LogP) is 5.26. The Morgan fingerprint density at radius 3 is 2.02 bits per heavy atom. The molecule has 3 aromatic rings. The van der Waals surface area contributed by atoms with Gasteiger partial charge in [0.25, 0.3) is 8.32 Å². The summed E-state index contributed by atoms with van der Waals surface area (Å²) in [4.78, 5) is 0. The van der Waals surface area contributed by atoms with Crippen LogP contribution in [0, 0.1) is 0 Å². The summed E-state index contributed by atoms with van der Waals surface area (Å²) < 4.78 is 33.0. The second-order valence-electron chi connectivity index (χ2n) is 13.6. The van der Waals surface area contributed by atoms with Gasteiger partial charge in [0.2, 0.25) is 0 Å². The molecule has 0 unspecified atom stereocenters. The van der Waals surface area contributed by atoms with Gasteiger partial charge in [-0.15, -0.1) is 0 Å². The summed E-state index contributed by atoms with van der Waals surface area (Å²) in [5.74, 6) is 0.0493. The maximum Gasteiger partial charge on any atom is 0.261 e. The molecule has 3 aromatic carbocycles. The average molecular weight is 634 g/mol. The second kappa shape index (κ2) is 12.6. The van der Waals surface area contributed by atoms with E-state index in [1.807, 2.05) is 36.4 Å². The molecule has 1 aliphatic carbocycles. The van der Waals surface area contributed by atoms with Crippen molar-refractivity contribution >= 4 is 31.3 Å². The minimum Gasteiger partial charge on any atom is -0.758 e. The zero-order valence-electron chi connectivity index (χ0n) is 26.2. The van der Waals surface area contributed by atoms with Crippen molar-refractivity contribution in [3.8, 4) is 5.75 Å². The topological polar surface area (TPSA) is 66.4 Å². The molecule has 1 saturated carbocycles. The Balaban J connectivity index is 1.51. The Labute approximate surface area is 268 Å². The third kappa shape index (κ3) is 5.79. The number of hydrogen-bond donors (Lipinski definition) is 1. The molecule has 0 radical (unpaired) electrons. The van der Waals surface area contributed by atoms with E-state index in [1.165, 1.54) is 0 Å². The van der Waals surface area contributed by atoms with Crippen LogP contribution in [-0.2, 0) is 37.7 Å². The summed E-state index contributed by atoms with van der Waals surface area (Å²) in [6.07, 6.45) is 3.32. The fourth-order valence-corrected chi connectivity index (χ4v) is 12.5. The zero-order valence-corrected chi connectivity index (χ0v) is 28.1. The monoisotopic (exact) mass is 633 g/mol. The van der Waals surface area contributed by atoms with E-state index >= 15 is 0 Å². The van der Waals surface area contributed by atoms with Crippen LogP contribution in [0.5, 0.6) is 5.75 Å². The number of hydrogen-bond acceptors (Lipinski definition) is 7. The molecule has 2 aliphatic heterocycles. The molecule has 6 nitrogen and oxygen atoms in total. The molecule has 44 heavy (non-hydrogen) atoms. The molecule has 0 aromatic heterocycles. The van der Waals surface area contributed by atoms with Crippen LogP contribution in [0.2, 0.25) is 5.04 Å². The van der Waals surface area contributed by atoms with Crippen LogP contribution >= 0.6 is 0 Å². The van der Waals surface area contributed by atoms with Crippen LogP contribution in [0.25, 0.3) is 0 Å². The smallest absolute Gasteiger partial charge is 0.261 e. The highest BCUT2D eigenvalue weighted by molar-refractivity contribution is 7.59. The molecule has 8 heteroatoms. The molecule has 0 bridgehead atoms. The first-order valence-corrected chi connectivity index (χ1v) is 18.3. The minimum absolute atomic E-state index is 0.245. The van der Waals surface area contributed by atoms with E-state index in [0.717, 1.165) is 53.8 Å². The number of aliphatic hydroxyl groups is 1. The Kier molecular flexibility index (Phi) is 9.07. The van der Waals surface area contributed by atoms with Crippen LogP contribution in [0.15, 0.2) is 84.9 Å². The van der Waals surface area contributed by atoms with E-state index < -0.39 is 43.5 Å². The van der Waals surface area contributed by atoms with Gasteiger partial charge >= 0.3 is 0 Å². The van der Waals surface area contributed by atoms with Crippen LogP contribution in [-0.4, -0.2) is 62.3 Å². The molecule has 2 heterocycles. The summed E-state index contributed by atoms with van der Waals surface area (Å²) in [6.45, 7) is 7.10. The van der Waals surface area contributed by atoms with Crippen molar-refractivity contribution in [2.75, 3.05) is 13.7 Å². The van der Waals surface area contributed by atoms with E-state index in [4.69, 9.17) is 36.0 Å². The molecule has 236 valence electrons. The first kappa shape index (κ1) is 31.8. The van der Waals surface area contributed by atoms with Crippen LogP contribution in [0.1, 0.15) is 58.4 Å². The molecule has 6 rings (SSSR count). The van der Waals surface area contributed by atoms with Crippen molar-refractivity contribution in [3.05, 3.63) is 90.5 Å². The van der Waals surface area contributed by atoms with Gasteiger partial charge in [-0.05, 0) is 51.4 Å². The molecular formula is C36H45O6SSi-. The molecule has 5 atom stereocenters. The van der Waals surface area contributed by atoms with Gasteiger partial charge in [-0.2, -0.15) is 0 Å². The third-order valence-corrected chi connectivity index (χ3v) is 15.2. The van der Waals surface area contributed by atoms with Gasteiger partial charge in [0.05, 0.1) is 19.3 Å². The highest BCUT2D eigenvalue weighted by atomic mass is 32.1. The lowest BCUT2D eigenvalue weighted by Gasteiger charge is -2.61. The van der Waals surface area contributed by atoms with Crippen molar-refractivity contribution < 1.29 is 28.5 Å². The first-order valence-electron chi connectivity index (χ1n) is 15.9. The molecule has 1 spiro atoms. The predicted molar refractivity (Wildman–Crippen MR) is 177 cm³/mol. The summed E-state index contributed by atoms with van der Waals surface area (Å²) >= 11 is 6.01. The molecule has 1 N–H and O–H groups in total. The van der Waals surface area contributed by atoms with Crippen molar-refractivity contribution in [2.24, 2.45) is 0 Å². The quantitative estimate of drug-likeness (QED) is 0.281. The van der Waals surface area contributed by atoms with Gasteiger partial charge < -0.3 is 41.1 Å². The van der Waals surface area contributed by atoms with Gasteiger partial charge in [0.1, 0.15) is 24.1 Å². The van der Waals surface area contributed by atoms with Crippen molar-refractivity contribution in [1.29, 1.82) is 0 Å². The number of benzene rings is 3. The van der Waals surface area contributed by atoms with E-state index in [0.29, 0.717) is 6.61 Å². The lowest BCUT2D eigenvalue weighted by Crippen LogP contribution is -2.77. The minimum atomic E-state index is -3.13. The maximum absolute atomic E-state index is 12.9. The van der Waals surface area contributed by atoms with Gasteiger partial charge in [-0.1, -0.05) is 100.0 Å². The molecular weight excluding hydrogens is 589 g/mol. The second-order valence-corrected chi connectivity index (χ2v) is 18.3. The fraction of sp³-hybridized carbons (Fsp3) is 0.500. The van der Waals surface area contributed by atoms with E-state index in [-0.39, 0.29) is 11.5 Å². The van der Waals surface area contributed by atoms with Crippen molar-refractivity contribution in [2.45, 2.75) is 99.5 Å². The molecule has 3 fully saturated rings. The third-order valence-electron chi connectivity index (χ3n) is 9.71. The van der Waals surface area contributed by atoms with Crippen LogP contribution in [0.3, 0.4) is 0 Å². The Morgan fingerprint density at radius 2 is 1.48 bits per heavy atom. The highest BCUT2D eigenvalue weighted by Crippen LogP contribution is 2.47. The van der Waals surface area contributed by atoms with E-state index in [2.05, 4.69) is 69.3 Å². The van der Waals surface area contributed by atoms with Gasteiger partial charge in [0.15, 0.2) is 5.79 Å². The molecule has 3 aliphatic rings. The Hall–Kier alpha value is -2.17. The van der Waals surface area contributed by atoms with Crippen LogP contribution < -0.4 is 15.1 Å². The highest BCUT2D eigenvalue weighted by Gasteiger charge is 2.61. The lowest BCUT2D eigenvalue weighted by molar-refractivity contribution is -0.378. The van der Waals surface area contributed by atoms with Gasteiger partial charge in [-0.25, -0.2) is 0 Å². The fourth-order valence-electron chi connectivity index (χ4n) is 7.41. The van der Waals surface area contributed by atoms with Gasteiger partial charge in [0, 0.05) is 19.3 Å². The summed E-state index contributed by atoms with van der Waals surface area (Å²) in [5.41, 5.74) is -1.59. The average Bonchev–Trinajstić information content (AvgIpc) is 3.03. The maximum atomic E-state index is 12.9. The van der Waals surface area contributed by atoms with Crippen molar-refractivity contribution in [3.63, 3.8) is 0 Å². The molecule has 0 amide bonds. The largest absolute Gasteiger partial charge is 0.758 e. The Morgan fingerprint density at radius 1 is 0.886 bits per heavy atom. The standard InChI is InChI=1S/C36H46O6SSi/c1-34(2,3)44(28-14-8-5-9-15-28,29-16-10-6-11-17-29)42-32-31-30(25-39-35(41-31)22-12-7-13-23-35)40-33(43)36(32,37)24-26-18-20-27(38-4)21-19-26/h5-6,8-11,14-21,30-33,37,43H,7,12-13,22-25H2,1-4H3/p-1/t30-,31-,32+,33-,36+/m1/s1. The number of rotatable bonds is 7. The van der Waals surface area contributed by atoms with E-state index in [1.54, 1.807) is 7.11 Å². The summed E-state index contributed by atoms with van der Waals surface area (Å²) in [6, 6.07) is 28.8. The Bertz CT molecular complexity index is 1340. The normalized spacial score (nSPS) is 28.8. The molecule has 2 saturated heterocycles. The number of fused-ring (bicyclic) bond motifs is 1. The summed E-state index contributed by atoms with van der Waals surface area (Å²) in [5, 5.41) is 14.9. The van der Waals surface area contributed by atoms with Crippen molar-refractivity contribution in [1.82, 2.24) is 0 Å². The number of ether oxygens (including phenoxy) is 4. The first-order chi connectivity index (χ1) is 21.1. The van der Waals surface area contributed by atoms with Crippen LogP contribution in [0.4, 0.5) is 0 Å². The zero-order chi connectivity index (χ0) is 31.0. The SMILES string of the molecule is COc1ccc(C[C@@]2(O)[C@@H]([S-])O[C@@H]3COC4(CCCCC4)O[C@H]3[C@@H]2O[Si](c2ccccc2)(c2ccccc2)C(C)(C)C)cc1. The lowest BCUT2D eigenvalue weighted by atomic mass is 9.81. The number of methoxy groups -OCH3 is 1. The summed E-state index contributed by atoms with van der Waals surface area (Å²) in [7, 11) is -1.48. The van der Waals surface area contributed by atoms with E-state index in [9.17, 15) is 5.11 Å².